The van der Waals surface area contributed by atoms with Crippen LogP contribution in [0.1, 0.15) is 18.7 Å². The van der Waals surface area contributed by atoms with Gasteiger partial charge in [0.25, 0.3) is 0 Å². The lowest BCUT2D eigenvalue weighted by Crippen LogP contribution is -2.49. The van der Waals surface area contributed by atoms with Crippen molar-refractivity contribution in [2.45, 2.75) is 19.4 Å². The van der Waals surface area contributed by atoms with E-state index in [1.165, 1.54) is 0 Å². The van der Waals surface area contributed by atoms with E-state index in [1.807, 2.05) is 29.2 Å². The Kier molecular flexibility index (Phi) is 4.49. The van der Waals surface area contributed by atoms with Gasteiger partial charge >= 0.3 is 0 Å². The summed E-state index contributed by atoms with van der Waals surface area (Å²) in [7, 11) is 0. The molecule has 4 rings (SSSR count). The SMILES string of the molecule is O=C(CN1CCN(Cc2nc3ccccc3o2)CC1)N1CCCC1. The topological polar surface area (TPSA) is 52.8 Å². The molecule has 3 heterocycles. The molecule has 0 saturated carbocycles. The minimum atomic E-state index is 0.292. The Morgan fingerprint density at radius 2 is 1.71 bits per heavy atom. The van der Waals surface area contributed by atoms with Crippen molar-refractivity contribution in [2.24, 2.45) is 0 Å². The van der Waals surface area contributed by atoms with Crippen LogP contribution in [-0.2, 0) is 11.3 Å². The summed E-state index contributed by atoms with van der Waals surface area (Å²) in [5.74, 6) is 1.07. The van der Waals surface area contributed by atoms with Crippen molar-refractivity contribution >= 4 is 17.0 Å². The average molecular weight is 328 g/mol. The van der Waals surface area contributed by atoms with Crippen molar-refractivity contribution in [1.29, 1.82) is 0 Å². The standard InChI is InChI=1S/C18H24N4O2/c23-18(22-7-3-4-8-22)14-21-11-9-20(10-12-21)13-17-19-15-5-1-2-6-16(15)24-17/h1-2,5-6H,3-4,7-14H2. The van der Waals surface area contributed by atoms with E-state index in [9.17, 15) is 4.79 Å². The molecule has 1 aromatic carbocycles. The molecule has 2 saturated heterocycles. The first-order valence-electron chi connectivity index (χ1n) is 8.85. The summed E-state index contributed by atoms with van der Waals surface area (Å²) < 4.78 is 5.80. The predicted octanol–water partition coefficient (Wildman–Crippen LogP) is 1.57. The molecule has 6 heteroatoms. The number of nitrogens with zero attached hydrogens (tertiary/aromatic N) is 4. The van der Waals surface area contributed by atoms with E-state index in [1.54, 1.807) is 0 Å². The van der Waals surface area contributed by atoms with Crippen molar-refractivity contribution in [3.05, 3.63) is 30.2 Å². The van der Waals surface area contributed by atoms with Crippen molar-refractivity contribution in [3.8, 4) is 0 Å². The monoisotopic (exact) mass is 328 g/mol. The second-order valence-corrected chi connectivity index (χ2v) is 6.72. The van der Waals surface area contributed by atoms with Gasteiger partial charge in [-0.3, -0.25) is 14.6 Å². The van der Waals surface area contributed by atoms with Crippen LogP contribution in [0, 0.1) is 0 Å². The number of rotatable bonds is 4. The Labute approximate surface area is 142 Å². The van der Waals surface area contributed by atoms with E-state index in [4.69, 9.17) is 4.42 Å². The number of carbonyl (C=O) groups is 1. The smallest absolute Gasteiger partial charge is 0.236 e. The van der Waals surface area contributed by atoms with Crippen LogP contribution in [0.15, 0.2) is 28.7 Å². The molecule has 0 spiro atoms. The maximum absolute atomic E-state index is 12.2. The van der Waals surface area contributed by atoms with Crippen LogP contribution >= 0.6 is 0 Å². The van der Waals surface area contributed by atoms with Gasteiger partial charge in [-0.25, -0.2) is 4.98 Å². The van der Waals surface area contributed by atoms with Gasteiger partial charge in [-0.2, -0.15) is 0 Å². The van der Waals surface area contributed by atoms with Gasteiger partial charge in [0.2, 0.25) is 11.8 Å². The van der Waals surface area contributed by atoms with Crippen molar-refractivity contribution in [3.63, 3.8) is 0 Å². The van der Waals surface area contributed by atoms with Crippen molar-refractivity contribution in [1.82, 2.24) is 19.7 Å². The Morgan fingerprint density at radius 3 is 2.46 bits per heavy atom. The Morgan fingerprint density at radius 1 is 1.00 bits per heavy atom. The number of piperazine rings is 1. The summed E-state index contributed by atoms with van der Waals surface area (Å²) in [6, 6.07) is 7.87. The number of carbonyl (C=O) groups excluding carboxylic acids is 1. The van der Waals surface area contributed by atoms with E-state index < -0.39 is 0 Å². The van der Waals surface area contributed by atoms with Gasteiger partial charge in [0.1, 0.15) is 5.52 Å². The zero-order valence-corrected chi connectivity index (χ0v) is 14.0. The lowest BCUT2D eigenvalue weighted by Gasteiger charge is -2.34. The second kappa shape index (κ2) is 6.91. The fourth-order valence-corrected chi connectivity index (χ4v) is 3.54. The molecule has 2 aliphatic rings. The van der Waals surface area contributed by atoms with E-state index >= 15 is 0 Å². The largest absolute Gasteiger partial charge is 0.439 e. The minimum Gasteiger partial charge on any atom is -0.439 e. The van der Waals surface area contributed by atoms with Crippen LogP contribution in [0.25, 0.3) is 11.1 Å². The first kappa shape index (κ1) is 15.6. The van der Waals surface area contributed by atoms with E-state index in [-0.39, 0.29) is 0 Å². The van der Waals surface area contributed by atoms with Gasteiger partial charge in [0, 0.05) is 39.3 Å². The number of likely N-dealkylation sites (tertiary alicyclic amines) is 1. The maximum Gasteiger partial charge on any atom is 0.236 e. The minimum absolute atomic E-state index is 0.292. The summed E-state index contributed by atoms with van der Waals surface area (Å²) in [5, 5.41) is 0. The molecule has 0 aliphatic carbocycles. The first-order chi connectivity index (χ1) is 11.8. The number of aromatic nitrogens is 1. The fourth-order valence-electron chi connectivity index (χ4n) is 3.54. The molecule has 24 heavy (non-hydrogen) atoms. The molecule has 0 radical (unpaired) electrons. The molecule has 0 N–H and O–H groups in total. The fraction of sp³-hybridized carbons (Fsp3) is 0.556. The van der Waals surface area contributed by atoms with Crippen molar-refractivity contribution < 1.29 is 9.21 Å². The third-order valence-corrected chi connectivity index (χ3v) is 4.98. The molecular formula is C18H24N4O2. The maximum atomic E-state index is 12.2. The van der Waals surface area contributed by atoms with Crippen LogP contribution in [0.2, 0.25) is 0 Å². The highest BCUT2D eigenvalue weighted by atomic mass is 16.3. The van der Waals surface area contributed by atoms with E-state index in [2.05, 4.69) is 14.8 Å². The molecule has 2 aliphatic heterocycles. The molecule has 128 valence electrons. The summed E-state index contributed by atoms with van der Waals surface area (Å²) in [5.41, 5.74) is 1.77. The highest BCUT2D eigenvalue weighted by molar-refractivity contribution is 5.78. The molecule has 0 unspecified atom stereocenters. The quantitative estimate of drug-likeness (QED) is 0.853. The number of oxazole rings is 1. The lowest BCUT2D eigenvalue weighted by atomic mass is 10.3. The summed E-state index contributed by atoms with van der Waals surface area (Å²) >= 11 is 0. The van der Waals surface area contributed by atoms with Crippen LogP contribution in [0.5, 0.6) is 0 Å². The third-order valence-electron chi connectivity index (χ3n) is 4.98. The number of hydrogen-bond donors (Lipinski definition) is 0. The number of hydrogen-bond acceptors (Lipinski definition) is 5. The second-order valence-electron chi connectivity index (χ2n) is 6.72. The van der Waals surface area contributed by atoms with E-state index in [0.29, 0.717) is 12.5 Å². The normalized spacial score (nSPS) is 20.1. The molecule has 6 nitrogen and oxygen atoms in total. The van der Waals surface area contributed by atoms with E-state index in [0.717, 1.165) is 75.6 Å². The summed E-state index contributed by atoms with van der Waals surface area (Å²) in [4.78, 5) is 23.4. The summed E-state index contributed by atoms with van der Waals surface area (Å²) in [6.45, 7) is 6.95. The lowest BCUT2D eigenvalue weighted by molar-refractivity contribution is -0.131. The number of benzene rings is 1. The predicted molar refractivity (Wildman–Crippen MR) is 91.5 cm³/mol. The van der Waals surface area contributed by atoms with Gasteiger partial charge in [0.15, 0.2) is 5.58 Å². The highest BCUT2D eigenvalue weighted by Gasteiger charge is 2.24. The summed E-state index contributed by atoms with van der Waals surface area (Å²) in [6.07, 6.45) is 2.31. The Bertz CT molecular complexity index is 667. The van der Waals surface area contributed by atoms with Gasteiger partial charge in [0.05, 0.1) is 13.1 Å². The molecular weight excluding hydrogens is 304 g/mol. The van der Waals surface area contributed by atoms with Crippen molar-refractivity contribution in [2.75, 3.05) is 45.8 Å². The van der Waals surface area contributed by atoms with Gasteiger partial charge in [-0.05, 0) is 25.0 Å². The van der Waals surface area contributed by atoms with Crippen LogP contribution in [0.3, 0.4) is 0 Å². The number of amides is 1. The van der Waals surface area contributed by atoms with Crippen LogP contribution in [-0.4, -0.2) is 71.4 Å². The molecule has 0 atom stereocenters. The molecule has 2 fully saturated rings. The molecule has 2 aromatic rings. The number of para-hydroxylation sites is 2. The number of fused-ring (bicyclic) bond motifs is 1. The highest BCUT2D eigenvalue weighted by Crippen LogP contribution is 2.17. The van der Waals surface area contributed by atoms with Crippen LogP contribution < -0.4 is 0 Å². The molecule has 1 aromatic heterocycles. The molecule has 0 bridgehead atoms. The van der Waals surface area contributed by atoms with Gasteiger partial charge in [-0.15, -0.1) is 0 Å². The third kappa shape index (κ3) is 3.44. The zero-order valence-electron chi connectivity index (χ0n) is 14.0. The first-order valence-corrected chi connectivity index (χ1v) is 8.85. The Balaban J connectivity index is 1.27. The van der Waals surface area contributed by atoms with Gasteiger partial charge in [-0.1, -0.05) is 12.1 Å². The van der Waals surface area contributed by atoms with Crippen LogP contribution in [0.4, 0.5) is 0 Å². The van der Waals surface area contributed by atoms with Gasteiger partial charge < -0.3 is 9.32 Å². The zero-order chi connectivity index (χ0) is 16.4. The molecule has 1 amide bonds. The average Bonchev–Trinajstić information content (AvgIpc) is 3.25. The Hall–Kier alpha value is -1.92.